The molecule has 0 aliphatic carbocycles. The lowest BCUT2D eigenvalue weighted by atomic mass is 10.0. The standard InChI is InChI=1S/C12H22N4O2/c1-3-4-9-10(13)11(16(2)15-9)14-7-12(17)5-6-18-8-12/h14,17H,3-8,13H2,1-2H3. The van der Waals surface area contributed by atoms with Gasteiger partial charge in [-0.1, -0.05) is 13.3 Å². The van der Waals surface area contributed by atoms with E-state index in [0.717, 1.165) is 24.4 Å². The first-order valence-corrected chi connectivity index (χ1v) is 6.41. The molecular formula is C12H22N4O2. The number of hydrogen-bond donors (Lipinski definition) is 3. The maximum absolute atomic E-state index is 10.2. The lowest BCUT2D eigenvalue weighted by Crippen LogP contribution is -2.37. The van der Waals surface area contributed by atoms with Crippen molar-refractivity contribution in [2.24, 2.45) is 7.05 Å². The van der Waals surface area contributed by atoms with Crippen LogP contribution in [-0.2, 0) is 18.2 Å². The Hall–Kier alpha value is -1.27. The van der Waals surface area contributed by atoms with Crippen molar-refractivity contribution in [3.63, 3.8) is 0 Å². The smallest absolute Gasteiger partial charge is 0.147 e. The predicted octanol–water partition coefficient (Wildman–Crippen LogP) is 0.518. The van der Waals surface area contributed by atoms with Crippen molar-refractivity contribution >= 4 is 11.5 Å². The molecule has 0 aromatic carbocycles. The number of aliphatic hydroxyl groups is 1. The average Bonchev–Trinajstić information content (AvgIpc) is 2.85. The monoisotopic (exact) mass is 254 g/mol. The summed E-state index contributed by atoms with van der Waals surface area (Å²) in [6.07, 6.45) is 2.53. The summed E-state index contributed by atoms with van der Waals surface area (Å²) in [5.74, 6) is 0.777. The number of nitrogens with zero attached hydrogens (tertiary/aromatic N) is 2. The fourth-order valence-electron chi connectivity index (χ4n) is 2.21. The number of anilines is 2. The molecule has 6 heteroatoms. The van der Waals surface area contributed by atoms with Crippen LogP contribution in [0.5, 0.6) is 0 Å². The normalized spacial score (nSPS) is 23.5. The van der Waals surface area contributed by atoms with Crippen molar-refractivity contribution in [2.45, 2.75) is 31.8 Å². The van der Waals surface area contributed by atoms with E-state index in [4.69, 9.17) is 10.5 Å². The number of nitrogen functional groups attached to an aromatic ring is 1. The Morgan fingerprint density at radius 2 is 2.39 bits per heavy atom. The third kappa shape index (κ3) is 2.59. The lowest BCUT2D eigenvalue weighted by molar-refractivity contribution is 0.0381. The van der Waals surface area contributed by atoms with Gasteiger partial charge >= 0.3 is 0 Å². The Kier molecular flexibility index (Phi) is 3.77. The van der Waals surface area contributed by atoms with Gasteiger partial charge < -0.3 is 20.9 Å². The molecule has 18 heavy (non-hydrogen) atoms. The van der Waals surface area contributed by atoms with Crippen LogP contribution in [-0.4, -0.2) is 40.2 Å². The summed E-state index contributed by atoms with van der Waals surface area (Å²) in [5.41, 5.74) is 6.87. The second-order valence-corrected chi connectivity index (χ2v) is 4.96. The lowest BCUT2D eigenvalue weighted by Gasteiger charge is -2.21. The summed E-state index contributed by atoms with van der Waals surface area (Å²) in [4.78, 5) is 0. The highest BCUT2D eigenvalue weighted by atomic mass is 16.5. The van der Waals surface area contributed by atoms with Crippen molar-refractivity contribution in [2.75, 3.05) is 30.8 Å². The maximum atomic E-state index is 10.2. The minimum absolute atomic E-state index is 0.375. The van der Waals surface area contributed by atoms with Crippen LogP contribution in [0.25, 0.3) is 0 Å². The summed E-state index contributed by atoms with van der Waals surface area (Å²) >= 11 is 0. The Labute approximate surface area is 107 Å². The minimum atomic E-state index is -0.790. The van der Waals surface area contributed by atoms with Gasteiger partial charge in [-0.3, -0.25) is 4.68 Å². The number of aromatic nitrogens is 2. The summed E-state index contributed by atoms with van der Waals surface area (Å²) in [5, 5.41) is 17.8. The van der Waals surface area contributed by atoms with Gasteiger partial charge in [-0.2, -0.15) is 5.10 Å². The molecule has 0 bridgehead atoms. The number of nitrogens with two attached hydrogens (primary N) is 1. The molecule has 4 N–H and O–H groups in total. The number of hydrogen-bond acceptors (Lipinski definition) is 5. The molecule has 1 fully saturated rings. The minimum Gasteiger partial charge on any atom is -0.394 e. The van der Waals surface area contributed by atoms with Gasteiger partial charge in [-0.25, -0.2) is 0 Å². The van der Waals surface area contributed by atoms with E-state index in [9.17, 15) is 5.11 Å². The molecule has 0 saturated carbocycles. The van der Waals surface area contributed by atoms with Crippen LogP contribution in [0.4, 0.5) is 11.5 Å². The molecular weight excluding hydrogens is 232 g/mol. The summed E-state index contributed by atoms with van der Waals surface area (Å²) in [6.45, 7) is 3.52. The largest absolute Gasteiger partial charge is 0.394 e. The third-order valence-electron chi connectivity index (χ3n) is 3.31. The first kappa shape index (κ1) is 13.2. The van der Waals surface area contributed by atoms with Crippen LogP contribution in [0.1, 0.15) is 25.5 Å². The van der Waals surface area contributed by atoms with Gasteiger partial charge in [-0.15, -0.1) is 0 Å². The van der Waals surface area contributed by atoms with Crippen molar-refractivity contribution in [1.29, 1.82) is 0 Å². The van der Waals surface area contributed by atoms with Crippen LogP contribution >= 0.6 is 0 Å². The van der Waals surface area contributed by atoms with E-state index >= 15 is 0 Å². The molecule has 0 spiro atoms. The van der Waals surface area contributed by atoms with Gasteiger partial charge in [0.15, 0.2) is 0 Å². The number of nitrogens with one attached hydrogen (secondary N) is 1. The molecule has 2 rings (SSSR count). The molecule has 1 aromatic heterocycles. The van der Waals surface area contributed by atoms with E-state index in [1.54, 1.807) is 4.68 Å². The van der Waals surface area contributed by atoms with Crippen LogP contribution in [0.2, 0.25) is 0 Å². The second kappa shape index (κ2) is 5.16. The van der Waals surface area contributed by atoms with Gasteiger partial charge in [0.25, 0.3) is 0 Å². The molecule has 1 unspecified atom stereocenters. The Morgan fingerprint density at radius 1 is 1.61 bits per heavy atom. The molecule has 1 saturated heterocycles. The molecule has 2 heterocycles. The molecule has 1 aliphatic rings. The number of rotatable bonds is 5. The van der Waals surface area contributed by atoms with Gasteiger partial charge in [0.2, 0.25) is 0 Å². The second-order valence-electron chi connectivity index (χ2n) is 4.96. The highest BCUT2D eigenvalue weighted by molar-refractivity contribution is 5.65. The van der Waals surface area contributed by atoms with Crippen molar-refractivity contribution < 1.29 is 9.84 Å². The molecule has 1 aliphatic heterocycles. The quantitative estimate of drug-likeness (QED) is 0.713. The van der Waals surface area contributed by atoms with Gasteiger partial charge in [0, 0.05) is 26.6 Å². The number of ether oxygens (including phenoxy) is 1. The Balaban J connectivity index is 2.04. The molecule has 102 valence electrons. The Bertz CT molecular complexity index is 410. The van der Waals surface area contributed by atoms with E-state index in [1.165, 1.54) is 0 Å². The summed E-state index contributed by atoms with van der Waals surface area (Å²) < 4.78 is 6.94. The highest BCUT2D eigenvalue weighted by Gasteiger charge is 2.32. The van der Waals surface area contributed by atoms with Crippen LogP contribution < -0.4 is 11.1 Å². The topological polar surface area (TPSA) is 85.3 Å². The SMILES string of the molecule is CCCc1nn(C)c(NCC2(O)CCOC2)c1N. The maximum Gasteiger partial charge on any atom is 0.147 e. The predicted molar refractivity (Wildman–Crippen MR) is 70.5 cm³/mol. The fourth-order valence-corrected chi connectivity index (χ4v) is 2.21. The molecule has 0 amide bonds. The molecule has 0 radical (unpaired) electrons. The Morgan fingerprint density at radius 3 is 3.00 bits per heavy atom. The highest BCUT2D eigenvalue weighted by Crippen LogP contribution is 2.25. The zero-order valence-electron chi connectivity index (χ0n) is 11.1. The zero-order chi connectivity index (χ0) is 13.2. The average molecular weight is 254 g/mol. The van der Waals surface area contributed by atoms with Crippen LogP contribution in [0.3, 0.4) is 0 Å². The van der Waals surface area contributed by atoms with Gasteiger partial charge in [0.1, 0.15) is 11.4 Å². The van der Waals surface area contributed by atoms with Crippen molar-refractivity contribution in [3.05, 3.63) is 5.69 Å². The third-order valence-corrected chi connectivity index (χ3v) is 3.31. The molecule has 6 nitrogen and oxygen atoms in total. The van der Waals surface area contributed by atoms with Crippen LogP contribution in [0.15, 0.2) is 0 Å². The van der Waals surface area contributed by atoms with Crippen molar-refractivity contribution in [1.82, 2.24) is 9.78 Å². The van der Waals surface area contributed by atoms with E-state index < -0.39 is 5.60 Å². The van der Waals surface area contributed by atoms with E-state index in [0.29, 0.717) is 31.9 Å². The van der Waals surface area contributed by atoms with Crippen LogP contribution in [0, 0.1) is 0 Å². The molecule has 1 aromatic rings. The molecule has 1 atom stereocenters. The van der Waals surface area contributed by atoms with E-state index in [2.05, 4.69) is 17.3 Å². The number of aryl methyl sites for hydroxylation is 2. The van der Waals surface area contributed by atoms with Gasteiger partial charge in [0.05, 0.1) is 18.0 Å². The first-order chi connectivity index (χ1) is 8.56. The van der Waals surface area contributed by atoms with E-state index in [1.807, 2.05) is 7.05 Å². The van der Waals surface area contributed by atoms with Crippen molar-refractivity contribution in [3.8, 4) is 0 Å². The zero-order valence-corrected chi connectivity index (χ0v) is 11.1. The van der Waals surface area contributed by atoms with E-state index in [-0.39, 0.29) is 0 Å². The summed E-state index contributed by atoms with van der Waals surface area (Å²) in [7, 11) is 1.85. The van der Waals surface area contributed by atoms with Gasteiger partial charge in [-0.05, 0) is 6.42 Å². The summed E-state index contributed by atoms with van der Waals surface area (Å²) in [6, 6.07) is 0. The first-order valence-electron chi connectivity index (χ1n) is 6.41. The fraction of sp³-hybridized carbons (Fsp3) is 0.750.